The first-order valence-electron chi connectivity index (χ1n) is 13.0. The summed E-state index contributed by atoms with van der Waals surface area (Å²) < 4.78 is 40.4. The molecule has 2 aromatic carbocycles. The van der Waals surface area contributed by atoms with Crippen LogP contribution in [0.5, 0.6) is 29.3 Å². The molecule has 1 unspecified atom stereocenters. The number of benzene rings is 2. The number of hydrogen-bond donors (Lipinski definition) is 1. The Morgan fingerprint density at radius 1 is 1.14 bits per heavy atom. The van der Waals surface area contributed by atoms with Crippen molar-refractivity contribution < 1.29 is 32.2 Å². The van der Waals surface area contributed by atoms with Crippen molar-refractivity contribution in [1.82, 2.24) is 14.9 Å². The SMILES string of the molecule is Cc1cc(Oc2nc(Oc3cccc(C(=O)N(C)C)c3)nc3c2NC(=O)C(CC2=CCC(=S(=O)=O)C=C2)O3)ccc1C#N. The monoisotopic (exact) mass is 599 g/mol. The zero-order valence-electron chi connectivity index (χ0n) is 23.3. The molecule has 0 saturated carbocycles. The van der Waals surface area contributed by atoms with Gasteiger partial charge in [-0.25, -0.2) is 0 Å². The number of nitrogens with zero attached hydrogens (tertiary/aromatic N) is 4. The fourth-order valence-electron chi connectivity index (χ4n) is 4.29. The minimum atomic E-state index is -2.32. The first-order chi connectivity index (χ1) is 20.6. The van der Waals surface area contributed by atoms with Gasteiger partial charge >= 0.3 is 6.01 Å². The van der Waals surface area contributed by atoms with E-state index >= 15 is 0 Å². The van der Waals surface area contributed by atoms with E-state index < -0.39 is 22.3 Å². The Balaban J connectivity index is 1.48. The number of aromatic nitrogens is 2. The fraction of sp³-hybridized carbons (Fsp3) is 0.200. The predicted octanol–water partition coefficient (Wildman–Crippen LogP) is 3.97. The molecule has 12 nitrogen and oxygen atoms in total. The van der Waals surface area contributed by atoms with Crippen molar-refractivity contribution in [1.29, 1.82) is 5.26 Å². The highest BCUT2D eigenvalue weighted by molar-refractivity contribution is 7.73. The van der Waals surface area contributed by atoms with Crippen LogP contribution in [0, 0.1) is 18.3 Å². The molecule has 1 aliphatic heterocycles. The van der Waals surface area contributed by atoms with Gasteiger partial charge < -0.3 is 24.4 Å². The van der Waals surface area contributed by atoms with Gasteiger partial charge in [0.15, 0.2) is 11.8 Å². The van der Waals surface area contributed by atoms with E-state index in [4.69, 9.17) is 14.2 Å². The molecule has 2 heterocycles. The van der Waals surface area contributed by atoms with Crippen LogP contribution >= 0.6 is 0 Å². The maximum atomic E-state index is 13.1. The van der Waals surface area contributed by atoms with Crippen LogP contribution in [0.2, 0.25) is 0 Å². The molecule has 0 bridgehead atoms. The van der Waals surface area contributed by atoms with Crippen LogP contribution in [0.1, 0.15) is 34.3 Å². The minimum absolute atomic E-state index is 0.0104. The van der Waals surface area contributed by atoms with Crippen LogP contribution in [-0.4, -0.2) is 60.2 Å². The Morgan fingerprint density at radius 2 is 1.93 bits per heavy atom. The van der Waals surface area contributed by atoms with Crippen LogP contribution in [-0.2, 0) is 15.1 Å². The van der Waals surface area contributed by atoms with Crippen molar-refractivity contribution in [2.75, 3.05) is 19.4 Å². The normalized spacial score (nSPS) is 15.3. The van der Waals surface area contributed by atoms with E-state index in [1.807, 2.05) is 0 Å². The second kappa shape index (κ2) is 12.2. The van der Waals surface area contributed by atoms with E-state index in [0.29, 0.717) is 22.4 Å². The van der Waals surface area contributed by atoms with Gasteiger partial charge in [-0.05, 0) is 60.5 Å². The van der Waals surface area contributed by atoms with Gasteiger partial charge in [-0.15, -0.1) is 0 Å². The van der Waals surface area contributed by atoms with Gasteiger partial charge in [-0.1, -0.05) is 18.2 Å². The number of anilines is 1. The Bertz CT molecular complexity index is 1880. The number of nitrogens with one attached hydrogen (secondary N) is 1. The van der Waals surface area contributed by atoms with Crippen LogP contribution < -0.4 is 19.5 Å². The largest absolute Gasteiger partial charge is 0.462 e. The van der Waals surface area contributed by atoms with E-state index in [1.54, 1.807) is 75.6 Å². The third-order valence-corrected chi connectivity index (χ3v) is 7.26. The number of carbonyl (C=O) groups excluding carboxylic acids is 2. The fourth-order valence-corrected chi connectivity index (χ4v) is 4.69. The standard InChI is InChI=1S/C30H25N5O7S/c1-17-13-22(10-9-20(17)16-31)40-27-25-28(34-30(33-27)41-21-6-4-5-19(15-21)29(37)35(2)3)42-24(26(36)32-25)14-18-7-11-23(12-8-18)43(38)39/h4-11,13,15,24H,12,14H2,1-3H3,(H,32,36). The third-order valence-electron chi connectivity index (χ3n) is 6.53. The van der Waals surface area contributed by atoms with E-state index in [2.05, 4.69) is 21.4 Å². The number of hydrogen-bond acceptors (Lipinski definition) is 10. The molecule has 5 rings (SSSR count). The molecule has 13 heteroatoms. The minimum Gasteiger partial charge on any atom is -0.462 e. The summed E-state index contributed by atoms with van der Waals surface area (Å²) >= 11 is 0. The highest BCUT2D eigenvalue weighted by atomic mass is 32.2. The maximum absolute atomic E-state index is 13.1. The van der Waals surface area contributed by atoms with E-state index in [1.165, 1.54) is 11.0 Å². The van der Waals surface area contributed by atoms with Gasteiger partial charge in [0.25, 0.3) is 17.7 Å². The van der Waals surface area contributed by atoms with Crippen LogP contribution in [0.3, 0.4) is 0 Å². The lowest BCUT2D eigenvalue weighted by Crippen LogP contribution is -2.38. The van der Waals surface area contributed by atoms with Gasteiger partial charge in [0.05, 0.1) is 16.5 Å². The molecule has 0 radical (unpaired) electrons. The Hall–Kier alpha value is -5.48. The molecule has 1 aliphatic carbocycles. The molecule has 1 N–H and O–H groups in total. The summed E-state index contributed by atoms with van der Waals surface area (Å²) in [7, 11) is 0.961. The third kappa shape index (κ3) is 6.55. The number of carbonyl (C=O) groups is 2. The molecular weight excluding hydrogens is 574 g/mol. The van der Waals surface area contributed by atoms with Crippen molar-refractivity contribution >= 4 is 32.7 Å². The zero-order chi connectivity index (χ0) is 30.7. The number of allylic oxidation sites excluding steroid dienone is 3. The lowest BCUT2D eigenvalue weighted by Gasteiger charge is -2.26. The van der Waals surface area contributed by atoms with E-state index in [9.17, 15) is 23.3 Å². The molecule has 2 amide bonds. The average molecular weight is 600 g/mol. The molecular formula is C30H25N5O7S. The van der Waals surface area contributed by atoms with Crippen molar-refractivity contribution in [2.45, 2.75) is 25.9 Å². The summed E-state index contributed by atoms with van der Waals surface area (Å²) in [5.74, 6) is -0.141. The summed E-state index contributed by atoms with van der Waals surface area (Å²) in [6.07, 6.45) is 4.21. The number of aryl methyl sites for hydroxylation is 1. The molecule has 3 aromatic rings. The average Bonchev–Trinajstić information content (AvgIpc) is 2.98. The number of rotatable bonds is 7. The predicted molar refractivity (Wildman–Crippen MR) is 156 cm³/mol. The first-order valence-corrected chi connectivity index (χ1v) is 14.1. The summed E-state index contributed by atoms with van der Waals surface area (Å²) in [6, 6.07) is 13.3. The molecule has 218 valence electrons. The number of fused-ring (bicyclic) bond motifs is 1. The summed E-state index contributed by atoms with van der Waals surface area (Å²) in [6.45, 7) is 1.76. The number of nitriles is 1. The van der Waals surface area contributed by atoms with E-state index in [0.717, 1.165) is 5.57 Å². The van der Waals surface area contributed by atoms with Crippen molar-refractivity contribution in [2.24, 2.45) is 0 Å². The molecule has 0 saturated heterocycles. The highest BCUT2D eigenvalue weighted by Crippen LogP contribution is 2.40. The summed E-state index contributed by atoms with van der Waals surface area (Å²) in [5.41, 5.74) is 2.35. The van der Waals surface area contributed by atoms with Gasteiger partial charge in [-0.3, -0.25) is 9.59 Å². The van der Waals surface area contributed by atoms with Gasteiger partial charge in [-0.2, -0.15) is 23.6 Å². The molecule has 0 spiro atoms. The van der Waals surface area contributed by atoms with Gasteiger partial charge in [0.2, 0.25) is 16.2 Å². The van der Waals surface area contributed by atoms with Crippen molar-refractivity contribution in [3.63, 3.8) is 0 Å². The Kier molecular flexibility index (Phi) is 8.22. The van der Waals surface area contributed by atoms with Crippen LogP contribution in [0.15, 0.2) is 66.3 Å². The smallest absolute Gasteiger partial charge is 0.328 e. The highest BCUT2D eigenvalue weighted by Gasteiger charge is 2.33. The summed E-state index contributed by atoms with van der Waals surface area (Å²) in [5, 5.41) is 12.0. The zero-order valence-corrected chi connectivity index (χ0v) is 24.1. The topological polar surface area (TPSA) is 161 Å². The molecule has 43 heavy (non-hydrogen) atoms. The lowest BCUT2D eigenvalue weighted by atomic mass is 10.0. The molecule has 2 aliphatic rings. The summed E-state index contributed by atoms with van der Waals surface area (Å²) in [4.78, 5) is 35.9. The quantitative estimate of drug-likeness (QED) is 0.394. The Morgan fingerprint density at radius 3 is 2.60 bits per heavy atom. The van der Waals surface area contributed by atoms with Gasteiger partial charge in [0, 0.05) is 32.5 Å². The second-order valence-corrected chi connectivity index (χ2v) is 10.8. The van der Waals surface area contributed by atoms with Crippen molar-refractivity contribution in [3.8, 4) is 35.3 Å². The van der Waals surface area contributed by atoms with Gasteiger partial charge in [0.1, 0.15) is 11.5 Å². The van der Waals surface area contributed by atoms with Crippen LogP contribution in [0.25, 0.3) is 0 Å². The van der Waals surface area contributed by atoms with Crippen molar-refractivity contribution in [3.05, 3.63) is 83.0 Å². The Labute approximate surface area is 248 Å². The molecule has 0 fully saturated rings. The lowest BCUT2D eigenvalue weighted by molar-refractivity contribution is -0.123. The van der Waals surface area contributed by atoms with E-state index in [-0.39, 0.29) is 52.8 Å². The molecule has 1 aromatic heterocycles. The maximum Gasteiger partial charge on any atom is 0.328 e. The molecule has 1 atom stereocenters. The first kappa shape index (κ1) is 29.0. The number of ether oxygens (including phenoxy) is 3. The van der Waals surface area contributed by atoms with Crippen LogP contribution in [0.4, 0.5) is 5.69 Å². The number of amides is 2. The second-order valence-electron chi connectivity index (χ2n) is 9.83.